The summed E-state index contributed by atoms with van der Waals surface area (Å²) >= 11 is 6.34. The van der Waals surface area contributed by atoms with Gasteiger partial charge in [0.05, 0.1) is 19.0 Å². The zero-order valence-corrected chi connectivity index (χ0v) is 24.5. The molecule has 7 rings (SSSR count). The summed E-state index contributed by atoms with van der Waals surface area (Å²) in [4.78, 5) is 16.5. The number of thiophene rings is 4. The Labute approximate surface area is 233 Å². The number of carbonyl (C=O) groups is 1. The van der Waals surface area contributed by atoms with Gasteiger partial charge in [-0.1, -0.05) is 0 Å². The van der Waals surface area contributed by atoms with E-state index in [-0.39, 0.29) is 10.7 Å². The molecule has 0 spiro atoms. The quantitative estimate of drug-likeness (QED) is 0.196. The maximum absolute atomic E-state index is 15.2. The predicted molar refractivity (Wildman–Crippen MR) is 160 cm³/mol. The van der Waals surface area contributed by atoms with Crippen LogP contribution >= 0.6 is 45.3 Å². The molecule has 7 aromatic rings. The molecule has 0 aliphatic heterocycles. The highest BCUT2D eigenvalue weighted by Gasteiger charge is 2.27. The number of fused-ring (bicyclic) bond motifs is 4. The van der Waals surface area contributed by atoms with E-state index < -0.39 is 5.82 Å². The highest BCUT2D eigenvalue weighted by Crippen LogP contribution is 2.54. The van der Waals surface area contributed by atoms with Crippen LogP contribution in [0.1, 0.15) is 37.9 Å². The van der Waals surface area contributed by atoms with Gasteiger partial charge in [-0.05, 0) is 64.1 Å². The molecule has 0 atom stereocenters. The minimum Gasteiger partial charge on any atom is -0.461 e. The van der Waals surface area contributed by atoms with Gasteiger partial charge >= 0.3 is 0 Å². The minimum absolute atomic E-state index is 0.201. The van der Waals surface area contributed by atoms with Gasteiger partial charge in [0.15, 0.2) is 11.6 Å². The standard InChI is InChI=1S/C30H21FO3S4/c1-12-6-8-19(33-12)23-17-10-14(3)35-27(17)28-18(24(23)20-9-7-13(2)34-20)11-21(37-28)29-30-22(16(5)36-29)25(31)26(38-30)15(4)32/h6-11H,1-5H3. The fourth-order valence-electron chi connectivity index (χ4n) is 5.17. The summed E-state index contributed by atoms with van der Waals surface area (Å²) in [6.45, 7) is 9.39. The van der Waals surface area contributed by atoms with Gasteiger partial charge in [0.25, 0.3) is 0 Å². The number of aryl methyl sites for hydroxylation is 4. The molecule has 0 aliphatic carbocycles. The number of hydrogen-bond donors (Lipinski definition) is 0. The Kier molecular flexibility index (Phi) is 5.36. The Morgan fingerprint density at radius 2 is 1.37 bits per heavy atom. The van der Waals surface area contributed by atoms with Crippen LogP contribution in [0.2, 0.25) is 0 Å². The molecule has 0 aliphatic rings. The van der Waals surface area contributed by atoms with Gasteiger partial charge in [-0.2, -0.15) is 0 Å². The Balaban J connectivity index is 1.61. The SMILES string of the molecule is CC(=O)c1sc2c(-c3cc4c(-c5ccc(C)o5)c(-c5ccc(C)o5)c5cc(C)sc5c4s3)sc(C)c2c1F. The van der Waals surface area contributed by atoms with Crippen LogP contribution in [0.25, 0.3) is 62.7 Å². The van der Waals surface area contributed by atoms with E-state index >= 15 is 4.39 Å². The summed E-state index contributed by atoms with van der Waals surface area (Å²) in [5, 5.41) is 2.80. The molecule has 6 aromatic heterocycles. The van der Waals surface area contributed by atoms with Crippen LogP contribution < -0.4 is 0 Å². The maximum atomic E-state index is 15.2. The van der Waals surface area contributed by atoms with Crippen molar-refractivity contribution in [3.05, 3.63) is 68.4 Å². The van der Waals surface area contributed by atoms with Gasteiger partial charge < -0.3 is 8.83 Å². The van der Waals surface area contributed by atoms with E-state index in [0.717, 1.165) is 64.3 Å². The zero-order valence-electron chi connectivity index (χ0n) is 21.2. The van der Waals surface area contributed by atoms with E-state index in [1.54, 1.807) is 34.0 Å². The lowest BCUT2D eigenvalue weighted by Gasteiger charge is -2.10. The molecule has 0 saturated heterocycles. The fourth-order valence-corrected chi connectivity index (χ4v) is 10.1. The highest BCUT2D eigenvalue weighted by atomic mass is 32.1. The molecule has 0 unspecified atom stereocenters. The molecule has 8 heteroatoms. The third kappa shape index (κ3) is 3.44. The van der Waals surface area contributed by atoms with Crippen LogP contribution in [-0.2, 0) is 0 Å². The summed E-state index contributed by atoms with van der Waals surface area (Å²) in [5.74, 6) is 2.67. The highest BCUT2D eigenvalue weighted by molar-refractivity contribution is 7.33. The number of benzene rings is 1. The van der Waals surface area contributed by atoms with Crippen LogP contribution in [0.5, 0.6) is 0 Å². The molecule has 0 bridgehead atoms. The lowest BCUT2D eigenvalue weighted by molar-refractivity contribution is 0.101. The summed E-state index contributed by atoms with van der Waals surface area (Å²) in [6.07, 6.45) is 0. The summed E-state index contributed by atoms with van der Waals surface area (Å²) < 4.78 is 30.8. The van der Waals surface area contributed by atoms with Gasteiger partial charge in [0, 0.05) is 48.8 Å². The van der Waals surface area contributed by atoms with Gasteiger partial charge in [-0.15, -0.1) is 45.3 Å². The molecule has 1 aromatic carbocycles. The molecule has 0 amide bonds. The molecular formula is C30H21FO3S4. The average Bonchev–Trinajstić information content (AvgIpc) is 3.67. The lowest BCUT2D eigenvalue weighted by Crippen LogP contribution is -1.90. The van der Waals surface area contributed by atoms with Crippen LogP contribution in [-0.4, -0.2) is 5.78 Å². The average molecular weight is 577 g/mol. The first kappa shape index (κ1) is 24.0. The van der Waals surface area contributed by atoms with E-state index in [9.17, 15) is 4.79 Å². The third-order valence-corrected chi connectivity index (χ3v) is 11.8. The van der Waals surface area contributed by atoms with Gasteiger partial charge in [-0.3, -0.25) is 4.79 Å². The van der Waals surface area contributed by atoms with Gasteiger partial charge in [-0.25, -0.2) is 4.39 Å². The summed E-state index contributed by atoms with van der Waals surface area (Å²) in [7, 11) is 0. The smallest absolute Gasteiger partial charge is 0.172 e. The van der Waals surface area contributed by atoms with E-state index in [4.69, 9.17) is 8.83 Å². The Morgan fingerprint density at radius 1 is 0.763 bits per heavy atom. The molecule has 38 heavy (non-hydrogen) atoms. The molecule has 0 saturated carbocycles. The Morgan fingerprint density at radius 3 is 1.95 bits per heavy atom. The van der Waals surface area contributed by atoms with Crippen molar-refractivity contribution in [3.63, 3.8) is 0 Å². The van der Waals surface area contributed by atoms with E-state index in [1.807, 2.05) is 45.0 Å². The van der Waals surface area contributed by atoms with Gasteiger partial charge in [0.2, 0.25) is 0 Å². The molecular weight excluding hydrogens is 556 g/mol. The van der Waals surface area contributed by atoms with Crippen molar-refractivity contribution >= 4 is 81.4 Å². The first-order chi connectivity index (χ1) is 18.2. The van der Waals surface area contributed by atoms with Crippen LogP contribution in [0.4, 0.5) is 4.39 Å². The number of furan rings is 2. The van der Waals surface area contributed by atoms with Crippen LogP contribution in [0, 0.1) is 33.5 Å². The van der Waals surface area contributed by atoms with Crippen molar-refractivity contribution in [2.75, 3.05) is 0 Å². The topological polar surface area (TPSA) is 43.4 Å². The summed E-state index contributed by atoms with van der Waals surface area (Å²) in [6, 6.07) is 12.5. The number of hydrogen-bond acceptors (Lipinski definition) is 7. The molecule has 190 valence electrons. The predicted octanol–water partition coefficient (Wildman–Crippen LogP) is 11.2. The van der Waals surface area contributed by atoms with Gasteiger partial charge in [0.1, 0.15) is 27.9 Å². The largest absolute Gasteiger partial charge is 0.461 e. The van der Waals surface area contributed by atoms with E-state index in [2.05, 4.69) is 19.1 Å². The Bertz CT molecular complexity index is 2070. The van der Waals surface area contributed by atoms with Crippen molar-refractivity contribution in [1.82, 2.24) is 0 Å². The van der Waals surface area contributed by atoms with E-state index in [1.165, 1.54) is 32.5 Å². The second-order valence-electron chi connectivity index (χ2n) is 9.52. The van der Waals surface area contributed by atoms with Crippen molar-refractivity contribution in [3.8, 4) is 32.4 Å². The first-order valence-corrected chi connectivity index (χ1v) is 15.3. The lowest BCUT2D eigenvalue weighted by atomic mass is 9.95. The second-order valence-corrected chi connectivity index (χ2v) is 14.1. The van der Waals surface area contributed by atoms with Crippen molar-refractivity contribution in [2.45, 2.75) is 34.6 Å². The number of carbonyl (C=O) groups excluding carboxylic acids is 1. The Hall–Kier alpha value is -3.04. The van der Waals surface area contributed by atoms with Crippen molar-refractivity contribution < 1.29 is 18.0 Å². The molecule has 0 N–H and O–H groups in total. The number of halogens is 1. The van der Waals surface area contributed by atoms with Crippen molar-refractivity contribution in [2.24, 2.45) is 0 Å². The minimum atomic E-state index is -0.392. The number of rotatable bonds is 4. The molecule has 3 nitrogen and oxygen atoms in total. The van der Waals surface area contributed by atoms with Crippen molar-refractivity contribution in [1.29, 1.82) is 0 Å². The zero-order chi connectivity index (χ0) is 26.5. The maximum Gasteiger partial charge on any atom is 0.172 e. The molecule has 6 heterocycles. The summed E-state index contributed by atoms with van der Waals surface area (Å²) in [5.41, 5.74) is 2.03. The number of ketones is 1. The fraction of sp³-hybridized carbons (Fsp3) is 0.167. The number of Topliss-reactive ketones (excluding diaryl/α,β-unsaturated/α-hetero) is 1. The van der Waals surface area contributed by atoms with Crippen LogP contribution in [0.15, 0.2) is 45.2 Å². The second kappa shape index (κ2) is 8.48. The third-order valence-electron chi connectivity index (χ3n) is 6.76. The normalized spacial score (nSPS) is 12.1. The first-order valence-electron chi connectivity index (χ1n) is 12.1. The molecule has 0 radical (unpaired) electrons. The monoisotopic (exact) mass is 576 g/mol. The molecule has 0 fully saturated rings. The van der Waals surface area contributed by atoms with Crippen LogP contribution in [0.3, 0.4) is 0 Å². The van der Waals surface area contributed by atoms with E-state index in [0.29, 0.717) is 5.39 Å².